The van der Waals surface area contributed by atoms with Gasteiger partial charge in [0.1, 0.15) is 23.0 Å². The average molecular weight is 328 g/mol. The summed E-state index contributed by atoms with van der Waals surface area (Å²) in [5.41, 5.74) is 4.09. The molecular formula is C22H16O3. The lowest BCUT2D eigenvalue weighted by Crippen LogP contribution is -2.01. The van der Waals surface area contributed by atoms with Gasteiger partial charge in [-0.1, -0.05) is 48.5 Å². The van der Waals surface area contributed by atoms with Crippen LogP contribution in [0.25, 0.3) is 12.2 Å². The molecule has 0 saturated heterocycles. The molecule has 0 saturated carbocycles. The van der Waals surface area contributed by atoms with Gasteiger partial charge in [-0.3, -0.25) is 0 Å². The first kappa shape index (κ1) is 14.2. The van der Waals surface area contributed by atoms with Crippen LogP contribution in [0.1, 0.15) is 45.6 Å². The van der Waals surface area contributed by atoms with Gasteiger partial charge in [0.05, 0.1) is 11.8 Å². The Morgan fingerprint density at radius 1 is 0.600 bits per heavy atom. The van der Waals surface area contributed by atoms with Gasteiger partial charge in [-0.2, -0.15) is 0 Å². The fourth-order valence-corrected chi connectivity index (χ4v) is 3.89. The van der Waals surface area contributed by atoms with Gasteiger partial charge in [0, 0.05) is 0 Å². The molecule has 1 aromatic heterocycles. The molecule has 2 aromatic carbocycles. The summed E-state index contributed by atoms with van der Waals surface area (Å²) in [4.78, 5) is 0. The minimum Gasteiger partial charge on any atom is -0.511 e. The van der Waals surface area contributed by atoms with Gasteiger partial charge in [0.25, 0.3) is 0 Å². The van der Waals surface area contributed by atoms with Crippen molar-refractivity contribution in [3.63, 3.8) is 0 Å². The minimum atomic E-state index is -0.285. The molecule has 0 aliphatic heterocycles. The molecule has 2 aliphatic rings. The quantitative estimate of drug-likeness (QED) is 0.665. The SMILES string of the molecule is OC1=Cc2ccccc2C1c1ccc(C2C(O)=Cc3ccccc32)o1. The predicted molar refractivity (Wildman–Crippen MR) is 96.5 cm³/mol. The summed E-state index contributed by atoms with van der Waals surface area (Å²) < 4.78 is 6.10. The van der Waals surface area contributed by atoms with Crippen molar-refractivity contribution in [2.75, 3.05) is 0 Å². The summed E-state index contributed by atoms with van der Waals surface area (Å²) in [6, 6.07) is 19.6. The first-order chi connectivity index (χ1) is 12.2. The van der Waals surface area contributed by atoms with E-state index >= 15 is 0 Å². The highest BCUT2D eigenvalue weighted by molar-refractivity contribution is 5.68. The molecule has 2 aliphatic carbocycles. The molecule has 0 amide bonds. The van der Waals surface area contributed by atoms with Crippen LogP contribution in [-0.2, 0) is 0 Å². The number of hydrogen-bond acceptors (Lipinski definition) is 3. The van der Waals surface area contributed by atoms with E-state index in [4.69, 9.17) is 4.42 Å². The normalized spacial score (nSPS) is 20.8. The summed E-state index contributed by atoms with van der Waals surface area (Å²) in [5, 5.41) is 20.8. The lowest BCUT2D eigenvalue weighted by atomic mass is 9.97. The summed E-state index contributed by atoms with van der Waals surface area (Å²) in [6.45, 7) is 0. The maximum atomic E-state index is 10.4. The first-order valence-electron chi connectivity index (χ1n) is 8.31. The molecule has 0 radical (unpaired) electrons. The Hall–Kier alpha value is -3.20. The first-order valence-corrected chi connectivity index (χ1v) is 8.31. The summed E-state index contributed by atoms with van der Waals surface area (Å²) in [5.74, 6) is 1.37. The highest BCUT2D eigenvalue weighted by Gasteiger charge is 2.33. The number of furan rings is 1. The van der Waals surface area contributed by atoms with Crippen LogP contribution in [0.4, 0.5) is 0 Å². The third-order valence-corrected chi connectivity index (χ3v) is 5.03. The number of aliphatic hydroxyl groups excluding tert-OH is 2. The summed E-state index contributed by atoms with van der Waals surface area (Å²) >= 11 is 0. The van der Waals surface area contributed by atoms with E-state index < -0.39 is 0 Å². The highest BCUT2D eigenvalue weighted by Crippen LogP contribution is 2.44. The van der Waals surface area contributed by atoms with Gasteiger partial charge in [0.2, 0.25) is 0 Å². The Kier molecular flexibility index (Phi) is 2.92. The molecule has 2 atom stereocenters. The molecular weight excluding hydrogens is 312 g/mol. The molecule has 2 unspecified atom stereocenters. The smallest absolute Gasteiger partial charge is 0.119 e. The third-order valence-electron chi connectivity index (χ3n) is 5.03. The van der Waals surface area contributed by atoms with E-state index in [2.05, 4.69) is 0 Å². The van der Waals surface area contributed by atoms with E-state index in [9.17, 15) is 10.2 Å². The van der Waals surface area contributed by atoms with E-state index in [0.717, 1.165) is 22.3 Å². The summed E-state index contributed by atoms with van der Waals surface area (Å²) in [6.07, 6.45) is 3.56. The zero-order valence-corrected chi connectivity index (χ0v) is 13.4. The van der Waals surface area contributed by atoms with Crippen molar-refractivity contribution >= 4 is 12.2 Å². The van der Waals surface area contributed by atoms with Gasteiger partial charge in [-0.05, 0) is 46.5 Å². The molecule has 5 rings (SSSR count). The second-order valence-corrected chi connectivity index (χ2v) is 6.50. The Balaban J connectivity index is 1.56. The van der Waals surface area contributed by atoms with E-state index in [1.54, 1.807) is 12.2 Å². The lowest BCUT2D eigenvalue weighted by Gasteiger charge is -2.12. The largest absolute Gasteiger partial charge is 0.511 e. The number of fused-ring (bicyclic) bond motifs is 2. The predicted octanol–water partition coefficient (Wildman–Crippen LogP) is 5.37. The second-order valence-electron chi connectivity index (χ2n) is 6.50. The number of rotatable bonds is 2. The van der Waals surface area contributed by atoms with Crippen LogP contribution in [0.3, 0.4) is 0 Å². The van der Waals surface area contributed by atoms with Crippen molar-refractivity contribution in [2.45, 2.75) is 11.8 Å². The number of hydrogen-bond donors (Lipinski definition) is 2. The molecule has 0 fully saturated rings. The topological polar surface area (TPSA) is 53.6 Å². The molecule has 0 bridgehead atoms. The van der Waals surface area contributed by atoms with Crippen molar-refractivity contribution < 1.29 is 14.6 Å². The van der Waals surface area contributed by atoms with Gasteiger partial charge < -0.3 is 14.6 Å². The van der Waals surface area contributed by atoms with Crippen LogP contribution in [-0.4, -0.2) is 10.2 Å². The molecule has 3 nitrogen and oxygen atoms in total. The maximum absolute atomic E-state index is 10.4. The minimum absolute atomic E-state index is 0.285. The summed E-state index contributed by atoms with van der Waals surface area (Å²) in [7, 11) is 0. The highest BCUT2D eigenvalue weighted by atomic mass is 16.3. The Labute approximate surface area is 145 Å². The van der Waals surface area contributed by atoms with E-state index in [1.807, 2.05) is 60.7 Å². The molecule has 25 heavy (non-hydrogen) atoms. The van der Waals surface area contributed by atoms with Crippen LogP contribution in [0.2, 0.25) is 0 Å². The standard InChI is InChI=1S/C22H16O3/c23-17-11-13-5-1-3-7-15(13)21(17)19-9-10-20(25-19)22-16-8-4-2-6-14(16)12-18(22)24/h1-12,21-24H. The van der Waals surface area contributed by atoms with Crippen molar-refractivity contribution in [2.24, 2.45) is 0 Å². The fraction of sp³-hybridized carbons (Fsp3) is 0.0909. The van der Waals surface area contributed by atoms with Gasteiger partial charge in [-0.15, -0.1) is 0 Å². The monoisotopic (exact) mass is 328 g/mol. The van der Waals surface area contributed by atoms with E-state index in [0.29, 0.717) is 11.5 Å². The molecule has 122 valence electrons. The second kappa shape index (κ2) is 5.15. The zero-order valence-electron chi connectivity index (χ0n) is 13.4. The molecule has 2 N–H and O–H groups in total. The van der Waals surface area contributed by atoms with Crippen LogP contribution >= 0.6 is 0 Å². The van der Waals surface area contributed by atoms with Crippen LogP contribution in [0.5, 0.6) is 0 Å². The molecule has 3 heteroatoms. The number of aliphatic hydroxyl groups is 2. The van der Waals surface area contributed by atoms with Gasteiger partial charge >= 0.3 is 0 Å². The average Bonchev–Trinajstić information content (AvgIpc) is 3.27. The van der Waals surface area contributed by atoms with Crippen LogP contribution < -0.4 is 0 Å². The zero-order chi connectivity index (χ0) is 17.0. The van der Waals surface area contributed by atoms with E-state index in [1.165, 1.54) is 0 Å². The van der Waals surface area contributed by atoms with Crippen LogP contribution in [0, 0.1) is 0 Å². The fourth-order valence-electron chi connectivity index (χ4n) is 3.89. The van der Waals surface area contributed by atoms with E-state index in [-0.39, 0.29) is 23.4 Å². The van der Waals surface area contributed by atoms with Crippen molar-refractivity contribution in [1.82, 2.24) is 0 Å². The molecule has 0 spiro atoms. The van der Waals surface area contributed by atoms with Crippen molar-refractivity contribution in [3.8, 4) is 0 Å². The Morgan fingerprint density at radius 2 is 1.04 bits per heavy atom. The van der Waals surface area contributed by atoms with Gasteiger partial charge in [0.15, 0.2) is 0 Å². The molecule has 3 aromatic rings. The lowest BCUT2D eigenvalue weighted by molar-refractivity contribution is 0.346. The molecule has 1 heterocycles. The third kappa shape index (κ3) is 2.06. The van der Waals surface area contributed by atoms with Gasteiger partial charge in [-0.25, -0.2) is 0 Å². The van der Waals surface area contributed by atoms with Crippen molar-refractivity contribution in [1.29, 1.82) is 0 Å². The number of allylic oxidation sites excluding steroid dienone is 2. The van der Waals surface area contributed by atoms with Crippen LogP contribution in [0.15, 0.2) is 76.6 Å². The Morgan fingerprint density at radius 3 is 1.52 bits per heavy atom. The Bertz CT molecular complexity index is 957. The maximum Gasteiger partial charge on any atom is 0.119 e. The number of benzene rings is 2. The van der Waals surface area contributed by atoms with Crippen molar-refractivity contribution in [3.05, 3.63) is 106 Å².